The highest BCUT2D eigenvalue weighted by molar-refractivity contribution is 7.99. The van der Waals surface area contributed by atoms with Crippen LogP contribution in [0, 0.1) is 0 Å². The molecule has 3 aromatic rings. The molecule has 0 unspecified atom stereocenters. The number of tetrazole rings is 1. The summed E-state index contributed by atoms with van der Waals surface area (Å²) in [5.74, 6) is 1.91. The molecule has 144 valence electrons. The van der Waals surface area contributed by atoms with Gasteiger partial charge in [-0.2, -0.15) is 4.68 Å². The molecule has 0 saturated carbocycles. The molecule has 0 fully saturated rings. The second kappa shape index (κ2) is 11.6. The van der Waals surface area contributed by atoms with E-state index in [1.807, 2.05) is 55.5 Å². The molecule has 2 aromatic carbocycles. The Kier molecular flexibility index (Phi) is 9.10. The average Bonchev–Trinajstić information content (AvgIpc) is 3.15. The topological polar surface area (TPSA) is 64.9 Å². The summed E-state index contributed by atoms with van der Waals surface area (Å²) in [5, 5.41) is 16.3. The Morgan fingerprint density at radius 1 is 1.07 bits per heavy atom. The number of rotatable bonds is 10. The summed E-state index contributed by atoms with van der Waals surface area (Å²) in [4.78, 5) is 0. The van der Waals surface area contributed by atoms with Crippen LogP contribution in [0.4, 0.5) is 0 Å². The minimum Gasteiger partial charge on any atom is -1.00 e. The third kappa shape index (κ3) is 6.23. The number of hydrogen-bond acceptors (Lipinski definition) is 6. The Morgan fingerprint density at radius 3 is 2.67 bits per heavy atom. The van der Waals surface area contributed by atoms with Crippen LogP contribution >= 0.6 is 11.8 Å². The van der Waals surface area contributed by atoms with Crippen LogP contribution in [0.25, 0.3) is 5.69 Å². The first-order valence-corrected chi connectivity index (χ1v) is 9.75. The number of ether oxygens (including phenoxy) is 1. The predicted molar refractivity (Wildman–Crippen MR) is 104 cm³/mol. The fraction of sp³-hybridized carbons (Fsp3) is 0.316. The van der Waals surface area contributed by atoms with E-state index in [-0.39, 0.29) is 12.4 Å². The van der Waals surface area contributed by atoms with Crippen molar-refractivity contribution in [2.24, 2.45) is 0 Å². The first kappa shape index (κ1) is 21.2. The number of benzene rings is 2. The molecule has 0 saturated heterocycles. The summed E-state index contributed by atoms with van der Waals surface area (Å²) in [6.07, 6.45) is 1.03. The van der Waals surface area contributed by atoms with Crippen molar-refractivity contribution in [2.45, 2.75) is 25.0 Å². The van der Waals surface area contributed by atoms with E-state index in [0.29, 0.717) is 6.61 Å². The number of halogens is 1. The van der Waals surface area contributed by atoms with E-state index < -0.39 is 0 Å². The maximum Gasteiger partial charge on any atom is 0.214 e. The van der Waals surface area contributed by atoms with Crippen LogP contribution in [0.3, 0.4) is 0 Å². The number of hydrogen-bond donors (Lipinski definition) is 1. The van der Waals surface area contributed by atoms with Gasteiger partial charge < -0.3 is 22.5 Å². The van der Waals surface area contributed by atoms with E-state index in [1.54, 1.807) is 16.4 Å². The van der Waals surface area contributed by atoms with E-state index in [2.05, 4.69) is 26.9 Å². The lowest BCUT2D eigenvalue weighted by atomic mass is 10.2. The van der Waals surface area contributed by atoms with Gasteiger partial charge in [-0.05, 0) is 48.5 Å². The van der Waals surface area contributed by atoms with Crippen LogP contribution in [-0.4, -0.2) is 39.1 Å². The third-order valence-corrected chi connectivity index (χ3v) is 4.76. The lowest BCUT2D eigenvalue weighted by Crippen LogP contribution is -3.00. The van der Waals surface area contributed by atoms with Crippen molar-refractivity contribution in [3.63, 3.8) is 0 Å². The van der Waals surface area contributed by atoms with Crippen LogP contribution < -0.4 is 22.5 Å². The standard InChI is InChI=1S/C19H23N5OS.ClH/c1-2-25-18-12-7-6-9-16(18)15-20-13-8-14-26-19-21-22-23-24(19)17-10-4-3-5-11-17;/h3-7,9-12,20H,2,8,13-15H2,1H3;1H/p-1. The lowest BCUT2D eigenvalue weighted by Gasteiger charge is -2.10. The number of para-hydroxylation sites is 2. The molecule has 1 N–H and O–H groups in total. The fourth-order valence-electron chi connectivity index (χ4n) is 2.53. The molecule has 27 heavy (non-hydrogen) atoms. The van der Waals surface area contributed by atoms with E-state index in [4.69, 9.17) is 4.74 Å². The van der Waals surface area contributed by atoms with Gasteiger partial charge in [0, 0.05) is 17.9 Å². The van der Waals surface area contributed by atoms with Crippen LogP contribution in [-0.2, 0) is 6.54 Å². The van der Waals surface area contributed by atoms with Gasteiger partial charge in [0.25, 0.3) is 0 Å². The molecule has 0 bridgehead atoms. The molecule has 0 aliphatic heterocycles. The zero-order valence-electron chi connectivity index (χ0n) is 15.2. The van der Waals surface area contributed by atoms with Crippen molar-refractivity contribution in [3.8, 4) is 11.4 Å². The summed E-state index contributed by atoms with van der Waals surface area (Å²) in [5.41, 5.74) is 2.17. The number of nitrogens with one attached hydrogen (secondary N) is 1. The summed E-state index contributed by atoms with van der Waals surface area (Å²) >= 11 is 1.67. The van der Waals surface area contributed by atoms with E-state index >= 15 is 0 Å². The van der Waals surface area contributed by atoms with Gasteiger partial charge >= 0.3 is 0 Å². The van der Waals surface area contributed by atoms with Crippen molar-refractivity contribution >= 4 is 11.8 Å². The molecular formula is C19H23ClN5OS-. The quantitative estimate of drug-likeness (QED) is 0.388. The molecule has 1 heterocycles. The second-order valence-electron chi connectivity index (χ2n) is 5.63. The van der Waals surface area contributed by atoms with Crippen LogP contribution in [0.1, 0.15) is 18.9 Å². The molecule has 6 nitrogen and oxygen atoms in total. The third-order valence-electron chi connectivity index (χ3n) is 3.76. The Hall–Kier alpha value is -2.09. The van der Waals surface area contributed by atoms with Crippen molar-refractivity contribution in [1.82, 2.24) is 25.5 Å². The van der Waals surface area contributed by atoms with Gasteiger partial charge in [-0.15, -0.1) is 5.10 Å². The van der Waals surface area contributed by atoms with Gasteiger partial charge in [-0.1, -0.05) is 48.2 Å². The number of nitrogens with zero attached hydrogens (tertiary/aromatic N) is 4. The summed E-state index contributed by atoms with van der Waals surface area (Å²) < 4.78 is 7.42. The molecule has 0 atom stereocenters. The Morgan fingerprint density at radius 2 is 1.85 bits per heavy atom. The minimum atomic E-state index is 0. The van der Waals surface area contributed by atoms with E-state index in [9.17, 15) is 0 Å². The molecule has 0 aliphatic rings. The average molecular weight is 405 g/mol. The predicted octanol–water partition coefficient (Wildman–Crippen LogP) is 0.337. The van der Waals surface area contributed by atoms with Gasteiger partial charge in [-0.3, -0.25) is 0 Å². The smallest absolute Gasteiger partial charge is 0.214 e. The first-order valence-electron chi connectivity index (χ1n) is 8.76. The normalized spacial score (nSPS) is 10.4. The molecule has 0 spiro atoms. The Labute approximate surface area is 170 Å². The zero-order valence-corrected chi connectivity index (χ0v) is 16.8. The maximum absolute atomic E-state index is 5.65. The maximum atomic E-state index is 5.65. The van der Waals surface area contributed by atoms with Crippen LogP contribution in [0.15, 0.2) is 59.8 Å². The summed E-state index contributed by atoms with van der Waals surface area (Å²) in [6, 6.07) is 18.1. The lowest BCUT2D eigenvalue weighted by molar-refractivity contribution is -0.00000594. The molecule has 0 amide bonds. The number of aromatic nitrogens is 4. The van der Waals surface area contributed by atoms with Crippen molar-refractivity contribution < 1.29 is 17.1 Å². The highest BCUT2D eigenvalue weighted by atomic mass is 35.5. The summed E-state index contributed by atoms with van der Waals surface area (Å²) in [7, 11) is 0. The fourth-order valence-corrected chi connectivity index (χ4v) is 3.36. The highest BCUT2D eigenvalue weighted by Gasteiger charge is 2.08. The van der Waals surface area contributed by atoms with Crippen LogP contribution in [0.2, 0.25) is 0 Å². The van der Waals surface area contributed by atoms with Gasteiger partial charge in [0.2, 0.25) is 5.16 Å². The van der Waals surface area contributed by atoms with Gasteiger partial charge in [-0.25, -0.2) is 0 Å². The molecule has 0 aliphatic carbocycles. The largest absolute Gasteiger partial charge is 1.00 e. The monoisotopic (exact) mass is 404 g/mol. The van der Waals surface area contributed by atoms with Crippen molar-refractivity contribution in [2.75, 3.05) is 18.9 Å². The molecule has 3 rings (SSSR count). The second-order valence-corrected chi connectivity index (χ2v) is 6.69. The van der Waals surface area contributed by atoms with E-state index in [0.717, 1.165) is 41.9 Å². The molecule has 1 aromatic heterocycles. The van der Waals surface area contributed by atoms with Gasteiger partial charge in [0.05, 0.1) is 12.3 Å². The molecular weight excluding hydrogens is 382 g/mol. The number of thioether (sulfide) groups is 1. The molecule has 0 radical (unpaired) electrons. The van der Waals surface area contributed by atoms with Crippen LogP contribution in [0.5, 0.6) is 5.75 Å². The van der Waals surface area contributed by atoms with Crippen molar-refractivity contribution in [1.29, 1.82) is 0 Å². The SMILES string of the molecule is CCOc1ccccc1CNCCCSc1nnnn1-c1ccccc1.[Cl-]. The summed E-state index contributed by atoms with van der Waals surface area (Å²) in [6.45, 7) is 4.43. The molecule has 8 heteroatoms. The zero-order chi connectivity index (χ0) is 18.0. The van der Waals surface area contributed by atoms with Crippen molar-refractivity contribution in [3.05, 3.63) is 60.2 Å². The highest BCUT2D eigenvalue weighted by Crippen LogP contribution is 2.19. The Bertz CT molecular complexity index is 800. The Balaban J connectivity index is 0.00000261. The van der Waals surface area contributed by atoms with E-state index in [1.165, 1.54) is 5.56 Å². The van der Waals surface area contributed by atoms with Gasteiger partial charge in [0.1, 0.15) is 5.75 Å². The minimum absolute atomic E-state index is 0. The first-order chi connectivity index (χ1) is 12.9. The van der Waals surface area contributed by atoms with Gasteiger partial charge in [0.15, 0.2) is 0 Å².